The summed E-state index contributed by atoms with van der Waals surface area (Å²) in [5.74, 6) is 0.705. The number of nitrogen functional groups attached to an aromatic ring is 1. The van der Waals surface area contributed by atoms with E-state index < -0.39 is 4.92 Å². The lowest BCUT2D eigenvalue weighted by Crippen LogP contribution is -1.99. The van der Waals surface area contributed by atoms with Crippen LogP contribution in [0, 0.1) is 17.0 Å². The Morgan fingerprint density at radius 1 is 1.28 bits per heavy atom. The molecule has 0 aliphatic heterocycles. The van der Waals surface area contributed by atoms with Crippen molar-refractivity contribution in [1.29, 1.82) is 0 Å². The molecular formula is C12H11N3O3. The zero-order chi connectivity index (χ0) is 13.1. The Balaban J connectivity index is 2.29. The Morgan fingerprint density at radius 3 is 2.61 bits per heavy atom. The second kappa shape index (κ2) is 4.70. The first-order valence-electron chi connectivity index (χ1n) is 5.22. The molecule has 0 aliphatic carbocycles. The van der Waals surface area contributed by atoms with Crippen molar-refractivity contribution in [2.75, 3.05) is 5.73 Å². The van der Waals surface area contributed by atoms with Gasteiger partial charge in [0.05, 0.1) is 4.92 Å². The van der Waals surface area contributed by atoms with Gasteiger partial charge in [-0.1, -0.05) is 18.2 Å². The molecule has 0 saturated heterocycles. The highest BCUT2D eigenvalue weighted by atomic mass is 16.6. The summed E-state index contributed by atoms with van der Waals surface area (Å²) >= 11 is 0. The second-order valence-corrected chi connectivity index (χ2v) is 3.68. The first-order valence-corrected chi connectivity index (χ1v) is 5.22. The van der Waals surface area contributed by atoms with Gasteiger partial charge in [-0.05, 0) is 18.6 Å². The number of ether oxygens (including phenoxy) is 1. The van der Waals surface area contributed by atoms with E-state index in [4.69, 9.17) is 10.5 Å². The third kappa shape index (κ3) is 2.37. The van der Waals surface area contributed by atoms with Crippen LogP contribution >= 0.6 is 0 Å². The molecule has 18 heavy (non-hydrogen) atoms. The number of benzene rings is 1. The van der Waals surface area contributed by atoms with Crippen LogP contribution in [0.3, 0.4) is 0 Å². The van der Waals surface area contributed by atoms with Crippen molar-refractivity contribution in [3.8, 4) is 11.6 Å². The van der Waals surface area contributed by atoms with E-state index >= 15 is 0 Å². The Hall–Kier alpha value is -2.63. The highest BCUT2D eigenvalue weighted by Gasteiger charge is 2.13. The van der Waals surface area contributed by atoms with Crippen molar-refractivity contribution < 1.29 is 9.66 Å². The number of nitrogens with two attached hydrogens (primary N) is 1. The van der Waals surface area contributed by atoms with E-state index in [0.717, 1.165) is 5.56 Å². The van der Waals surface area contributed by atoms with Gasteiger partial charge in [-0.25, -0.2) is 0 Å². The molecule has 2 rings (SSSR count). The van der Waals surface area contributed by atoms with E-state index in [2.05, 4.69) is 4.98 Å². The highest BCUT2D eigenvalue weighted by Crippen LogP contribution is 2.27. The van der Waals surface area contributed by atoms with Crippen molar-refractivity contribution in [1.82, 2.24) is 4.98 Å². The van der Waals surface area contributed by atoms with Gasteiger partial charge in [0, 0.05) is 12.1 Å². The third-order valence-electron chi connectivity index (χ3n) is 2.38. The average molecular weight is 245 g/mol. The summed E-state index contributed by atoms with van der Waals surface area (Å²) < 4.78 is 5.51. The SMILES string of the molecule is Cc1ccccc1Oc1ccc([N+](=O)[O-])c(N)n1. The van der Waals surface area contributed by atoms with E-state index in [-0.39, 0.29) is 17.4 Å². The van der Waals surface area contributed by atoms with E-state index in [0.29, 0.717) is 5.75 Å². The fourth-order valence-corrected chi connectivity index (χ4v) is 1.44. The average Bonchev–Trinajstić information content (AvgIpc) is 2.32. The smallest absolute Gasteiger partial charge is 0.311 e. The molecule has 0 aliphatic rings. The number of anilines is 1. The van der Waals surface area contributed by atoms with Crippen molar-refractivity contribution >= 4 is 11.5 Å². The van der Waals surface area contributed by atoms with Gasteiger partial charge in [0.1, 0.15) is 5.75 Å². The molecule has 1 aromatic heterocycles. The maximum absolute atomic E-state index is 10.6. The minimum absolute atomic E-state index is 0.161. The summed E-state index contributed by atoms with van der Waals surface area (Å²) in [6.07, 6.45) is 0. The van der Waals surface area contributed by atoms with Crippen LogP contribution in [0.4, 0.5) is 11.5 Å². The maximum atomic E-state index is 10.6. The molecule has 6 heteroatoms. The van der Waals surface area contributed by atoms with Crippen LogP contribution in [-0.4, -0.2) is 9.91 Å². The van der Waals surface area contributed by atoms with Gasteiger partial charge in [0.15, 0.2) is 0 Å². The van der Waals surface area contributed by atoms with E-state index in [1.165, 1.54) is 12.1 Å². The molecule has 0 spiro atoms. The van der Waals surface area contributed by atoms with Gasteiger partial charge in [-0.2, -0.15) is 4.98 Å². The number of aryl methyl sites for hydroxylation is 1. The molecule has 6 nitrogen and oxygen atoms in total. The number of pyridine rings is 1. The standard InChI is InChI=1S/C12H11N3O3/c1-8-4-2-3-5-10(8)18-11-7-6-9(15(16)17)12(13)14-11/h2-7H,1H3,(H2,13,14). The number of hydrogen-bond acceptors (Lipinski definition) is 5. The minimum atomic E-state index is -0.583. The summed E-state index contributed by atoms with van der Waals surface area (Å²) in [4.78, 5) is 13.9. The number of nitro groups is 1. The number of hydrogen-bond donors (Lipinski definition) is 1. The quantitative estimate of drug-likeness (QED) is 0.663. The lowest BCUT2D eigenvalue weighted by atomic mass is 10.2. The molecule has 0 bridgehead atoms. The Morgan fingerprint density at radius 2 is 2.00 bits per heavy atom. The Bertz CT molecular complexity index is 599. The highest BCUT2D eigenvalue weighted by molar-refractivity contribution is 5.53. The molecule has 1 heterocycles. The van der Waals surface area contributed by atoms with Gasteiger partial charge in [-0.15, -0.1) is 0 Å². The number of aromatic nitrogens is 1. The predicted molar refractivity (Wildman–Crippen MR) is 66.6 cm³/mol. The monoisotopic (exact) mass is 245 g/mol. The van der Waals surface area contributed by atoms with E-state index in [1.54, 1.807) is 6.07 Å². The Labute approximate surface area is 103 Å². The molecule has 0 amide bonds. The van der Waals surface area contributed by atoms with Crippen LogP contribution in [-0.2, 0) is 0 Å². The van der Waals surface area contributed by atoms with Crippen LogP contribution in [0.25, 0.3) is 0 Å². The normalized spacial score (nSPS) is 10.1. The molecule has 0 fully saturated rings. The summed E-state index contributed by atoms with van der Waals surface area (Å²) in [6, 6.07) is 10.1. The van der Waals surface area contributed by atoms with Gasteiger partial charge < -0.3 is 10.5 Å². The molecule has 0 radical (unpaired) electrons. The summed E-state index contributed by atoms with van der Waals surface area (Å²) in [7, 11) is 0. The zero-order valence-corrected chi connectivity index (χ0v) is 9.66. The van der Waals surface area contributed by atoms with E-state index in [9.17, 15) is 10.1 Å². The fraction of sp³-hybridized carbons (Fsp3) is 0.0833. The number of para-hydroxylation sites is 1. The molecule has 0 atom stereocenters. The van der Waals surface area contributed by atoms with E-state index in [1.807, 2.05) is 25.1 Å². The van der Waals surface area contributed by atoms with Gasteiger partial charge in [0.2, 0.25) is 11.7 Å². The summed E-state index contributed by atoms with van der Waals surface area (Å²) in [5, 5.41) is 10.6. The molecular weight excluding hydrogens is 234 g/mol. The molecule has 2 N–H and O–H groups in total. The first-order chi connectivity index (χ1) is 8.58. The van der Waals surface area contributed by atoms with Crippen molar-refractivity contribution in [3.05, 3.63) is 52.1 Å². The van der Waals surface area contributed by atoms with Crippen LogP contribution in [0.1, 0.15) is 5.56 Å². The zero-order valence-electron chi connectivity index (χ0n) is 9.66. The predicted octanol–water partition coefficient (Wildman–Crippen LogP) is 2.67. The van der Waals surface area contributed by atoms with Crippen LogP contribution in [0.2, 0.25) is 0 Å². The van der Waals surface area contributed by atoms with Crippen LogP contribution in [0.15, 0.2) is 36.4 Å². The van der Waals surface area contributed by atoms with Crippen molar-refractivity contribution in [2.24, 2.45) is 0 Å². The van der Waals surface area contributed by atoms with Gasteiger partial charge in [0.25, 0.3) is 0 Å². The largest absolute Gasteiger partial charge is 0.439 e. The van der Waals surface area contributed by atoms with Gasteiger partial charge in [-0.3, -0.25) is 10.1 Å². The summed E-state index contributed by atoms with van der Waals surface area (Å²) in [6.45, 7) is 1.89. The van der Waals surface area contributed by atoms with Gasteiger partial charge >= 0.3 is 5.69 Å². The molecule has 2 aromatic rings. The second-order valence-electron chi connectivity index (χ2n) is 3.68. The maximum Gasteiger partial charge on any atom is 0.311 e. The first kappa shape index (κ1) is 11.8. The molecule has 1 aromatic carbocycles. The Kier molecular flexibility index (Phi) is 3.09. The third-order valence-corrected chi connectivity index (χ3v) is 2.38. The molecule has 92 valence electrons. The minimum Gasteiger partial charge on any atom is -0.439 e. The van der Waals surface area contributed by atoms with Crippen LogP contribution < -0.4 is 10.5 Å². The number of nitrogens with zero attached hydrogens (tertiary/aromatic N) is 2. The summed E-state index contributed by atoms with van der Waals surface area (Å²) in [5.41, 5.74) is 6.19. The van der Waals surface area contributed by atoms with Crippen molar-refractivity contribution in [2.45, 2.75) is 6.92 Å². The molecule has 0 saturated carbocycles. The fourth-order valence-electron chi connectivity index (χ4n) is 1.44. The topological polar surface area (TPSA) is 91.3 Å². The number of rotatable bonds is 3. The molecule has 0 unspecified atom stereocenters. The lowest BCUT2D eigenvalue weighted by molar-refractivity contribution is -0.384. The van der Waals surface area contributed by atoms with Crippen molar-refractivity contribution in [3.63, 3.8) is 0 Å². The van der Waals surface area contributed by atoms with Crippen LogP contribution in [0.5, 0.6) is 11.6 Å². The lowest BCUT2D eigenvalue weighted by Gasteiger charge is -2.07.